The number of ketones is 1. The number of carbonyl (C=O) groups excluding carboxylic acids is 1. The fourth-order valence-corrected chi connectivity index (χ4v) is 2.87. The van der Waals surface area contributed by atoms with Gasteiger partial charge in [-0.1, -0.05) is 18.2 Å². The Balaban J connectivity index is 1.79. The molecule has 0 saturated carbocycles. The first kappa shape index (κ1) is 13.0. The van der Waals surface area contributed by atoms with Crippen LogP contribution in [-0.4, -0.2) is 18.5 Å². The van der Waals surface area contributed by atoms with E-state index in [0.29, 0.717) is 12.5 Å². The number of hydrogen-bond acceptors (Lipinski definition) is 2. The van der Waals surface area contributed by atoms with Gasteiger partial charge in [-0.15, -0.1) is 0 Å². The number of rotatable bonds is 5. The van der Waals surface area contributed by atoms with Gasteiger partial charge in [0.15, 0.2) is 5.78 Å². The molecule has 0 N–H and O–H groups in total. The Bertz CT molecular complexity index is 384. The van der Waals surface area contributed by atoms with Crippen LogP contribution in [0.1, 0.15) is 42.5 Å². The molecule has 1 atom stereocenters. The van der Waals surface area contributed by atoms with Crippen LogP contribution in [-0.2, 0) is 4.74 Å². The van der Waals surface area contributed by atoms with Crippen LogP contribution in [0.25, 0.3) is 0 Å². The molecule has 1 heterocycles. The van der Waals surface area contributed by atoms with Gasteiger partial charge in [0.05, 0.1) is 6.10 Å². The highest BCUT2D eigenvalue weighted by molar-refractivity contribution is 14.1. The number of hydrogen-bond donors (Lipinski definition) is 0. The second kappa shape index (κ2) is 6.50. The molecule has 3 heteroatoms. The summed E-state index contributed by atoms with van der Waals surface area (Å²) in [5, 5.41) is 0. The van der Waals surface area contributed by atoms with Crippen LogP contribution in [0.2, 0.25) is 0 Å². The summed E-state index contributed by atoms with van der Waals surface area (Å²) in [5.41, 5.74) is 0.862. The zero-order valence-electron chi connectivity index (χ0n) is 9.82. The van der Waals surface area contributed by atoms with Crippen molar-refractivity contribution in [2.45, 2.75) is 38.2 Å². The van der Waals surface area contributed by atoms with E-state index >= 15 is 0 Å². The predicted molar refractivity (Wildman–Crippen MR) is 76.3 cm³/mol. The zero-order valence-corrected chi connectivity index (χ0v) is 12.0. The van der Waals surface area contributed by atoms with Crippen LogP contribution in [0.5, 0.6) is 0 Å². The average molecular weight is 344 g/mol. The highest BCUT2D eigenvalue weighted by Crippen LogP contribution is 2.19. The van der Waals surface area contributed by atoms with Gasteiger partial charge in [0.25, 0.3) is 0 Å². The van der Waals surface area contributed by atoms with Crippen molar-refractivity contribution in [2.75, 3.05) is 6.61 Å². The van der Waals surface area contributed by atoms with E-state index in [2.05, 4.69) is 22.6 Å². The van der Waals surface area contributed by atoms with E-state index in [1.807, 2.05) is 24.3 Å². The van der Waals surface area contributed by atoms with Crippen molar-refractivity contribution >= 4 is 28.4 Å². The molecular formula is C14H17IO2. The van der Waals surface area contributed by atoms with Crippen LogP contribution in [0, 0.1) is 3.57 Å². The van der Waals surface area contributed by atoms with E-state index in [-0.39, 0.29) is 5.78 Å². The maximum atomic E-state index is 12.0. The quantitative estimate of drug-likeness (QED) is 0.600. The second-order valence-corrected chi connectivity index (χ2v) is 5.59. The van der Waals surface area contributed by atoms with Crippen molar-refractivity contribution in [3.8, 4) is 0 Å². The number of benzene rings is 1. The summed E-state index contributed by atoms with van der Waals surface area (Å²) in [6, 6.07) is 7.78. The molecule has 0 radical (unpaired) electrons. The largest absolute Gasteiger partial charge is 0.378 e. The van der Waals surface area contributed by atoms with E-state index < -0.39 is 0 Å². The first-order valence-corrected chi connectivity index (χ1v) is 7.24. The van der Waals surface area contributed by atoms with E-state index in [1.54, 1.807) is 0 Å². The van der Waals surface area contributed by atoms with E-state index in [0.717, 1.165) is 35.0 Å². The minimum Gasteiger partial charge on any atom is -0.378 e. The van der Waals surface area contributed by atoms with Gasteiger partial charge in [-0.2, -0.15) is 0 Å². The predicted octanol–water partition coefficient (Wildman–Crippen LogP) is 3.82. The molecular weight excluding hydrogens is 327 g/mol. The molecule has 1 saturated heterocycles. The minimum absolute atomic E-state index is 0.257. The van der Waals surface area contributed by atoms with Crippen molar-refractivity contribution in [2.24, 2.45) is 0 Å². The lowest BCUT2D eigenvalue weighted by Crippen LogP contribution is -2.07. The van der Waals surface area contributed by atoms with Gasteiger partial charge >= 0.3 is 0 Å². The van der Waals surface area contributed by atoms with Gasteiger partial charge < -0.3 is 4.74 Å². The highest BCUT2D eigenvalue weighted by Gasteiger charge is 2.16. The van der Waals surface area contributed by atoms with Crippen molar-refractivity contribution < 1.29 is 9.53 Å². The van der Waals surface area contributed by atoms with E-state index in [9.17, 15) is 4.79 Å². The Hall–Kier alpha value is -0.420. The first-order chi connectivity index (χ1) is 8.27. The fourth-order valence-electron chi connectivity index (χ4n) is 2.18. The third-order valence-electron chi connectivity index (χ3n) is 3.13. The van der Waals surface area contributed by atoms with Gasteiger partial charge in [0, 0.05) is 22.2 Å². The lowest BCUT2D eigenvalue weighted by atomic mass is 10.0. The Morgan fingerprint density at radius 3 is 2.94 bits per heavy atom. The molecule has 0 aliphatic carbocycles. The Morgan fingerprint density at radius 2 is 2.24 bits per heavy atom. The summed E-state index contributed by atoms with van der Waals surface area (Å²) in [6.07, 6.45) is 5.34. The van der Waals surface area contributed by atoms with Gasteiger partial charge in [-0.25, -0.2) is 0 Å². The van der Waals surface area contributed by atoms with Crippen LogP contribution in [0.15, 0.2) is 24.3 Å². The van der Waals surface area contributed by atoms with Crippen molar-refractivity contribution in [3.05, 3.63) is 33.4 Å². The van der Waals surface area contributed by atoms with Crippen LogP contribution in [0.3, 0.4) is 0 Å². The third kappa shape index (κ3) is 3.78. The highest BCUT2D eigenvalue weighted by atomic mass is 127. The monoisotopic (exact) mass is 344 g/mol. The molecule has 1 aliphatic heterocycles. The molecule has 1 aliphatic rings. The first-order valence-electron chi connectivity index (χ1n) is 6.16. The van der Waals surface area contributed by atoms with Gasteiger partial charge in [-0.05, 0) is 54.3 Å². The maximum absolute atomic E-state index is 12.0. The van der Waals surface area contributed by atoms with Crippen molar-refractivity contribution in [3.63, 3.8) is 0 Å². The second-order valence-electron chi connectivity index (χ2n) is 4.43. The van der Waals surface area contributed by atoms with Crippen LogP contribution in [0.4, 0.5) is 0 Å². The van der Waals surface area contributed by atoms with Crippen molar-refractivity contribution in [1.82, 2.24) is 0 Å². The SMILES string of the molecule is O=C(CCCC1CCCO1)c1ccccc1I. The lowest BCUT2D eigenvalue weighted by molar-refractivity contribution is 0.0922. The molecule has 1 fully saturated rings. The van der Waals surface area contributed by atoms with Gasteiger partial charge in [-0.3, -0.25) is 4.79 Å². The zero-order chi connectivity index (χ0) is 12.1. The molecule has 0 bridgehead atoms. The molecule has 1 aromatic rings. The molecule has 0 spiro atoms. The summed E-state index contributed by atoms with van der Waals surface area (Å²) in [7, 11) is 0. The molecule has 1 unspecified atom stereocenters. The maximum Gasteiger partial charge on any atom is 0.163 e. The van der Waals surface area contributed by atoms with Gasteiger partial charge in [0.1, 0.15) is 0 Å². The summed E-state index contributed by atoms with van der Waals surface area (Å²) in [4.78, 5) is 12.0. The topological polar surface area (TPSA) is 26.3 Å². The minimum atomic E-state index is 0.257. The molecule has 1 aromatic carbocycles. The van der Waals surface area contributed by atoms with Crippen LogP contribution < -0.4 is 0 Å². The molecule has 92 valence electrons. The smallest absolute Gasteiger partial charge is 0.163 e. The fraction of sp³-hybridized carbons (Fsp3) is 0.500. The van der Waals surface area contributed by atoms with E-state index in [1.165, 1.54) is 6.42 Å². The third-order valence-corrected chi connectivity index (χ3v) is 4.07. The number of Topliss-reactive ketones (excluding diaryl/α,β-unsaturated/α-hetero) is 1. The molecule has 17 heavy (non-hydrogen) atoms. The Labute approximate surface area is 116 Å². The van der Waals surface area contributed by atoms with Crippen molar-refractivity contribution in [1.29, 1.82) is 0 Å². The summed E-state index contributed by atoms with van der Waals surface area (Å²) in [5.74, 6) is 0.257. The normalized spacial score (nSPS) is 19.5. The van der Waals surface area contributed by atoms with E-state index in [4.69, 9.17) is 4.74 Å². The summed E-state index contributed by atoms with van der Waals surface area (Å²) < 4.78 is 6.60. The number of halogens is 1. The van der Waals surface area contributed by atoms with Crippen LogP contribution >= 0.6 is 22.6 Å². The lowest BCUT2D eigenvalue weighted by Gasteiger charge is -2.08. The Kier molecular flexibility index (Phi) is 4.98. The molecule has 2 nitrogen and oxygen atoms in total. The average Bonchev–Trinajstić information content (AvgIpc) is 2.82. The number of ether oxygens (including phenoxy) is 1. The van der Waals surface area contributed by atoms with Gasteiger partial charge in [0.2, 0.25) is 0 Å². The standard InChI is InChI=1S/C14H17IO2/c15-13-8-2-1-7-12(13)14(16)9-3-5-11-6-4-10-17-11/h1-2,7-8,11H,3-6,9-10H2. The number of carbonyl (C=O) groups is 1. The Morgan fingerprint density at radius 1 is 1.41 bits per heavy atom. The molecule has 0 aromatic heterocycles. The summed E-state index contributed by atoms with van der Waals surface area (Å²) >= 11 is 2.22. The molecule has 2 rings (SSSR count). The summed E-state index contributed by atoms with van der Waals surface area (Å²) in [6.45, 7) is 0.898. The molecule has 0 amide bonds.